The molecule has 1 unspecified atom stereocenters. The van der Waals surface area contributed by atoms with Crippen molar-refractivity contribution < 1.29 is 32.2 Å². The van der Waals surface area contributed by atoms with E-state index in [2.05, 4.69) is 15.5 Å². The summed E-state index contributed by atoms with van der Waals surface area (Å²) in [5.41, 5.74) is 3.89. The van der Waals surface area contributed by atoms with Crippen LogP contribution in [0.15, 0.2) is 78.9 Å². The van der Waals surface area contributed by atoms with E-state index in [4.69, 9.17) is 42.4 Å². The van der Waals surface area contributed by atoms with Crippen LogP contribution in [0.4, 0.5) is 18.9 Å². The predicted octanol–water partition coefficient (Wildman–Crippen LogP) is 9.89. The zero-order chi connectivity index (χ0) is 38.2. The standard InChI is InChI=1S/C41H30Cl2F3N5O4/c1-20-27-12-22(13-30(43)38(27)50-49-20)40(52)47-24-7-9-35-34(17-24)48-37(51(35)19-25-10-11-53-25)15-21-14-32(45)28(18-31(21)44)26-4-3-5-36-39(26)55-41(2,54-36)29-8-6-23(42)16-33(29)46/h3-9,12-14,16-18,25H,10-11,15,19H2,1-2H3,(H,47,52)(H,49,50)/t25-,41?/m0/s1. The number of amides is 1. The van der Waals surface area contributed by atoms with Gasteiger partial charge in [-0.25, -0.2) is 18.2 Å². The number of aromatic nitrogens is 4. The molecule has 278 valence electrons. The number of nitrogens with zero attached hydrogens (tertiary/aromatic N) is 3. The third kappa shape index (κ3) is 6.24. The van der Waals surface area contributed by atoms with Crippen LogP contribution in [-0.4, -0.2) is 38.4 Å². The van der Waals surface area contributed by atoms with Crippen LogP contribution in [0.25, 0.3) is 33.1 Å². The Hall–Kier alpha value is -5.56. The van der Waals surface area contributed by atoms with Gasteiger partial charge in [-0.15, -0.1) is 0 Å². The number of H-pyrrole nitrogens is 1. The van der Waals surface area contributed by atoms with Crippen molar-refractivity contribution in [3.63, 3.8) is 0 Å². The van der Waals surface area contributed by atoms with E-state index in [0.717, 1.165) is 41.2 Å². The van der Waals surface area contributed by atoms with E-state index in [1.54, 1.807) is 49.4 Å². The molecule has 0 radical (unpaired) electrons. The normalized spacial score (nSPS) is 17.5. The highest BCUT2D eigenvalue weighted by Crippen LogP contribution is 2.50. The van der Waals surface area contributed by atoms with Crippen LogP contribution >= 0.6 is 23.2 Å². The van der Waals surface area contributed by atoms with E-state index in [-0.39, 0.29) is 57.2 Å². The summed E-state index contributed by atoms with van der Waals surface area (Å²) >= 11 is 12.4. The minimum atomic E-state index is -1.57. The number of hydrogen-bond donors (Lipinski definition) is 2. The van der Waals surface area contributed by atoms with Crippen molar-refractivity contribution in [2.45, 2.75) is 45.1 Å². The molecule has 9 nitrogen and oxygen atoms in total. The molecule has 1 fully saturated rings. The fourth-order valence-corrected chi connectivity index (χ4v) is 7.59. The topological polar surface area (TPSA) is 103 Å². The lowest BCUT2D eigenvalue weighted by Gasteiger charge is -2.27. The molecule has 1 amide bonds. The van der Waals surface area contributed by atoms with Gasteiger partial charge in [0.1, 0.15) is 28.8 Å². The van der Waals surface area contributed by atoms with Gasteiger partial charge in [0.15, 0.2) is 11.5 Å². The number of imidazole rings is 1. The number of carbonyl (C=O) groups is 1. The van der Waals surface area contributed by atoms with E-state index in [9.17, 15) is 9.18 Å². The van der Waals surface area contributed by atoms with Crippen molar-refractivity contribution in [1.82, 2.24) is 19.7 Å². The smallest absolute Gasteiger partial charge is 0.278 e. The molecule has 1 saturated heterocycles. The summed E-state index contributed by atoms with van der Waals surface area (Å²) in [5.74, 6) is -3.04. The number of halogens is 5. The van der Waals surface area contributed by atoms with Crippen LogP contribution in [0.2, 0.25) is 10.0 Å². The van der Waals surface area contributed by atoms with Gasteiger partial charge in [0, 0.05) is 58.4 Å². The molecule has 2 atom stereocenters. The van der Waals surface area contributed by atoms with Gasteiger partial charge >= 0.3 is 0 Å². The van der Waals surface area contributed by atoms with Crippen molar-refractivity contribution in [1.29, 1.82) is 0 Å². The van der Waals surface area contributed by atoms with Crippen molar-refractivity contribution in [2.75, 3.05) is 11.9 Å². The average molecular weight is 785 g/mol. The number of fused-ring (bicyclic) bond motifs is 3. The third-order valence-electron chi connectivity index (χ3n) is 10.1. The summed E-state index contributed by atoms with van der Waals surface area (Å²) in [7, 11) is 0. The van der Waals surface area contributed by atoms with Gasteiger partial charge in [-0.05, 0) is 85.6 Å². The Morgan fingerprint density at radius 1 is 0.982 bits per heavy atom. The highest BCUT2D eigenvalue weighted by atomic mass is 35.5. The number of aromatic amines is 1. The number of nitrogens with one attached hydrogen (secondary N) is 2. The maximum Gasteiger partial charge on any atom is 0.278 e. The van der Waals surface area contributed by atoms with Crippen molar-refractivity contribution >= 4 is 56.7 Å². The highest BCUT2D eigenvalue weighted by molar-refractivity contribution is 6.35. The summed E-state index contributed by atoms with van der Waals surface area (Å²) in [6.45, 7) is 4.49. The first-order valence-electron chi connectivity index (χ1n) is 17.5. The molecule has 4 heterocycles. The number of hydrogen-bond acceptors (Lipinski definition) is 6. The molecular formula is C41H30Cl2F3N5O4. The number of rotatable bonds is 8. The lowest BCUT2D eigenvalue weighted by molar-refractivity contribution is -0.0705. The Morgan fingerprint density at radius 2 is 1.82 bits per heavy atom. The molecule has 7 aromatic rings. The lowest BCUT2D eigenvalue weighted by atomic mass is 10.00. The van der Waals surface area contributed by atoms with Gasteiger partial charge < -0.3 is 24.1 Å². The zero-order valence-corrected chi connectivity index (χ0v) is 30.8. The Morgan fingerprint density at radius 3 is 2.60 bits per heavy atom. The van der Waals surface area contributed by atoms with Crippen LogP contribution in [0.3, 0.4) is 0 Å². The molecule has 2 N–H and O–H groups in total. The fraction of sp³-hybridized carbons (Fsp3) is 0.195. The minimum Gasteiger partial charge on any atom is -0.444 e. The highest BCUT2D eigenvalue weighted by Gasteiger charge is 2.42. The summed E-state index contributed by atoms with van der Waals surface area (Å²) in [6.07, 6.45) is 0.764. The van der Waals surface area contributed by atoms with Gasteiger partial charge in [0.05, 0.1) is 34.3 Å². The molecule has 2 aromatic heterocycles. The zero-order valence-electron chi connectivity index (χ0n) is 29.3. The number of anilines is 1. The SMILES string of the molecule is Cc1[nH]nc2c(Cl)cc(C(=O)Nc3ccc4c(c3)nc(Cc3cc(F)c(-c5cccc6c5OC(C)(c5ccc(Cl)cc5F)O6)cc3F)n4C[C@@H]3CCO3)cc12. The van der Waals surface area contributed by atoms with Crippen molar-refractivity contribution in [2.24, 2.45) is 0 Å². The van der Waals surface area contributed by atoms with Crippen LogP contribution in [0.1, 0.15) is 46.3 Å². The number of para-hydroxylation sites is 1. The monoisotopic (exact) mass is 783 g/mol. The van der Waals surface area contributed by atoms with E-state index < -0.39 is 23.2 Å². The second-order valence-electron chi connectivity index (χ2n) is 13.8. The van der Waals surface area contributed by atoms with Gasteiger partial charge in [-0.2, -0.15) is 5.10 Å². The summed E-state index contributed by atoms with van der Waals surface area (Å²) in [4.78, 5) is 18.1. The van der Waals surface area contributed by atoms with E-state index >= 15 is 8.78 Å². The summed E-state index contributed by atoms with van der Waals surface area (Å²) in [5, 5.41) is 11.3. The molecule has 0 bridgehead atoms. The van der Waals surface area contributed by atoms with Gasteiger partial charge in [-0.1, -0.05) is 35.3 Å². The molecule has 2 aliphatic rings. The Bertz CT molecular complexity index is 2710. The number of benzene rings is 5. The second kappa shape index (κ2) is 13.3. The molecule has 2 aliphatic heterocycles. The van der Waals surface area contributed by atoms with E-state index in [1.165, 1.54) is 12.1 Å². The van der Waals surface area contributed by atoms with Gasteiger partial charge in [0.2, 0.25) is 0 Å². The summed E-state index contributed by atoms with van der Waals surface area (Å²) in [6, 6.07) is 19.8. The number of aryl methyl sites for hydroxylation is 1. The molecule has 9 rings (SSSR count). The van der Waals surface area contributed by atoms with Gasteiger partial charge in [-0.3, -0.25) is 9.89 Å². The first kappa shape index (κ1) is 35.2. The fourth-order valence-electron chi connectivity index (χ4n) is 7.17. The maximum atomic E-state index is 16.1. The van der Waals surface area contributed by atoms with E-state index in [1.807, 2.05) is 17.6 Å². The van der Waals surface area contributed by atoms with Crippen molar-refractivity contribution in [3.05, 3.63) is 135 Å². The van der Waals surface area contributed by atoms with Crippen LogP contribution < -0.4 is 14.8 Å². The number of ether oxygens (including phenoxy) is 3. The first-order chi connectivity index (χ1) is 26.4. The van der Waals surface area contributed by atoms with Gasteiger partial charge in [0.25, 0.3) is 11.7 Å². The maximum absolute atomic E-state index is 16.1. The molecule has 55 heavy (non-hydrogen) atoms. The first-order valence-corrected chi connectivity index (χ1v) is 18.2. The van der Waals surface area contributed by atoms with Crippen LogP contribution in [0.5, 0.6) is 11.5 Å². The Labute approximate surface area is 321 Å². The predicted molar refractivity (Wildman–Crippen MR) is 203 cm³/mol. The average Bonchev–Trinajstić information content (AvgIpc) is 3.79. The van der Waals surface area contributed by atoms with Crippen LogP contribution in [-0.2, 0) is 23.5 Å². The molecule has 14 heteroatoms. The lowest BCUT2D eigenvalue weighted by Crippen LogP contribution is -2.32. The Balaban J connectivity index is 1.01. The second-order valence-corrected chi connectivity index (χ2v) is 14.6. The molecule has 5 aromatic carbocycles. The van der Waals surface area contributed by atoms with Crippen LogP contribution in [0, 0.1) is 24.4 Å². The molecule has 0 saturated carbocycles. The number of carbonyl (C=O) groups excluding carboxylic acids is 1. The van der Waals surface area contributed by atoms with Crippen molar-refractivity contribution in [3.8, 4) is 22.6 Å². The third-order valence-corrected chi connectivity index (χ3v) is 10.6. The summed E-state index contributed by atoms with van der Waals surface area (Å²) < 4.78 is 66.9. The largest absolute Gasteiger partial charge is 0.444 e. The minimum absolute atomic E-state index is 0.0326. The molecule has 0 aliphatic carbocycles. The molecule has 0 spiro atoms. The Kier molecular flexibility index (Phi) is 8.52. The molecular weight excluding hydrogens is 754 g/mol. The quantitative estimate of drug-likeness (QED) is 0.159. The van der Waals surface area contributed by atoms with E-state index in [0.29, 0.717) is 46.3 Å².